The molecule has 0 fully saturated rings. The van der Waals surface area contributed by atoms with E-state index in [2.05, 4.69) is 0 Å². The van der Waals surface area contributed by atoms with Gasteiger partial charge in [0.1, 0.15) is 0 Å². The summed E-state index contributed by atoms with van der Waals surface area (Å²) in [4.78, 5) is 38.9. The van der Waals surface area contributed by atoms with Crippen LogP contribution in [0.25, 0.3) is 0 Å². The van der Waals surface area contributed by atoms with Crippen LogP contribution in [0.2, 0.25) is 0 Å². The molecule has 24 heavy (non-hydrogen) atoms. The van der Waals surface area contributed by atoms with Crippen LogP contribution in [-0.4, -0.2) is 59.4 Å². The number of rotatable bonds is 8. The first-order valence-electron chi connectivity index (χ1n) is 8.12. The molecule has 0 aliphatic heterocycles. The molecule has 2 amide bonds. The number of hydrogen-bond acceptors (Lipinski definition) is 3. The zero-order valence-corrected chi connectivity index (χ0v) is 14.8. The monoisotopic (exact) mass is 334 g/mol. The molecule has 1 rings (SSSR count). The Labute approximate surface area is 143 Å². The van der Waals surface area contributed by atoms with Gasteiger partial charge in [0.25, 0.3) is 11.8 Å². The molecule has 0 unspecified atom stereocenters. The van der Waals surface area contributed by atoms with E-state index in [4.69, 9.17) is 5.11 Å². The first-order valence-corrected chi connectivity index (χ1v) is 8.12. The SMILES string of the molecule is CCN(C)C(=O)c1cccc(C(=O)N(CCC(=O)O)CC(C)C)c1. The number of carboxylic acids is 1. The molecule has 0 saturated heterocycles. The number of carbonyl (C=O) groups excluding carboxylic acids is 2. The van der Waals surface area contributed by atoms with Crippen molar-refractivity contribution in [3.63, 3.8) is 0 Å². The molecule has 1 aromatic rings. The Kier molecular flexibility index (Phi) is 7.42. The van der Waals surface area contributed by atoms with Crippen molar-refractivity contribution >= 4 is 17.8 Å². The van der Waals surface area contributed by atoms with Crippen molar-refractivity contribution in [2.24, 2.45) is 5.92 Å². The average molecular weight is 334 g/mol. The average Bonchev–Trinajstić information content (AvgIpc) is 2.56. The molecule has 1 aromatic carbocycles. The maximum atomic E-state index is 12.7. The van der Waals surface area contributed by atoms with Gasteiger partial charge in [-0.3, -0.25) is 14.4 Å². The third-order valence-electron chi connectivity index (χ3n) is 3.65. The lowest BCUT2D eigenvalue weighted by Crippen LogP contribution is -2.36. The van der Waals surface area contributed by atoms with Crippen molar-refractivity contribution in [1.29, 1.82) is 0 Å². The van der Waals surface area contributed by atoms with Gasteiger partial charge in [0, 0.05) is 37.8 Å². The second-order valence-electron chi connectivity index (χ2n) is 6.19. The molecule has 132 valence electrons. The van der Waals surface area contributed by atoms with Gasteiger partial charge in [-0.1, -0.05) is 19.9 Å². The van der Waals surface area contributed by atoms with Gasteiger partial charge in [-0.25, -0.2) is 0 Å². The largest absolute Gasteiger partial charge is 0.481 e. The van der Waals surface area contributed by atoms with E-state index in [9.17, 15) is 14.4 Å². The number of aliphatic carboxylic acids is 1. The highest BCUT2D eigenvalue weighted by Gasteiger charge is 2.19. The Morgan fingerprint density at radius 1 is 1.12 bits per heavy atom. The van der Waals surface area contributed by atoms with E-state index >= 15 is 0 Å². The van der Waals surface area contributed by atoms with Crippen molar-refractivity contribution in [2.75, 3.05) is 26.7 Å². The Bertz CT molecular complexity index is 598. The predicted molar refractivity (Wildman–Crippen MR) is 92.1 cm³/mol. The minimum atomic E-state index is -0.940. The highest BCUT2D eigenvalue weighted by molar-refractivity contribution is 5.99. The van der Waals surface area contributed by atoms with Crippen LogP contribution in [0.3, 0.4) is 0 Å². The van der Waals surface area contributed by atoms with Gasteiger partial charge in [0.15, 0.2) is 0 Å². The Morgan fingerprint density at radius 3 is 2.21 bits per heavy atom. The molecule has 0 heterocycles. The van der Waals surface area contributed by atoms with Crippen LogP contribution in [-0.2, 0) is 4.79 Å². The zero-order chi connectivity index (χ0) is 18.3. The summed E-state index contributed by atoms with van der Waals surface area (Å²) in [5, 5.41) is 8.87. The Morgan fingerprint density at radius 2 is 1.71 bits per heavy atom. The van der Waals surface area contributed by atoms with E-state index in [1.807, 2.05) is 20.8 Å². The minimum Gasteiger partial charge on any atom is -0.481 e. The lowest BCUT2D eigenvalue weighted by Gasteiger charge is -2.24. The van der Waals surface area contributed by atoms with E-state index in [1.54, 1.807) is 36.2 Å². The van der Waals surface area contributed by atoms with Gasteiger partial charge in [0.05, 0.1) is 6.42 Å². The molecular formula is C18H26N2O4. The molecule has 0 saturated carbocycles. The summed E-state index contributed by atoms with van der Waals surface area (Å²) in [7, 11) is 1.70. The number of carboxylic acid groups (broad SMARTS) is 1. The first kappa shape index (κ1) is 19.7. The summed E-state index contributed by atoms with van der Waals surface area (Å²) < 4.78 is 0. The molecule has 1 N–H and O–H groups in total. The van der Waals surface area contributed by atoms with E-state index < -0.39 is 5.97 Å². The number of hydrogen-bond donors (Lipinski definition) is 1. The summed E-state index contributed by atoms with van der Waals surface area (Å²) in [5.41, 5.74) is 0.851. The van der Waals surface area contributed by atoms with E-state index in [-0.39, 0.29) is 30.7 Å². The molecule has 6 nitrogen and oxygen atoms in total. The van der Waals surface area contributed by atoms with Crippen LogP contribution >= 0.6 is 0 Å². The van der Waals surface area contributed by atoms with Gasteiger partial charge in [0.2, 0.25) is 0 Å². The van der Waals surface area contributed by atoms with E-state index in [0.717, 1.165) is 0 Å². The fourth-order valence-electron chi connectivity index (χ4n) is 2.28. The summed E-state index contributed by atoms with van der Waals surface area (Å²) in [6.45, 7) is 7.02. The molecule has 0 aliphatic rings. The summed E-state index contributed by atoms with van der Waals surface area (Å²) >= 11 is 0. The van der Waals surface area contributed by atoms with Crippen molar-refractivity contribution in [3.05, 3.63) is 35.4 Å². The molecule has 0 atom stereocenters. The summed E-state index contributed by atoms with van der Waals surface area (Å²) in [6.07, 6.45) is -0.102. The zero-order valence-electron chi connectivity index (χ0n) is 14.8. The standard InChI is InChI=1S/C18H26N2O4/c1-5-19(4)17(23)14-7-6-8-15(11-14)18(24)20(12-13(2)3)10-9-16(21)22/h6-8,11,13H,5,9-10,12H2,1-4H3,(H,21,22). The fraction of sp³-hybridized carbons (Fsp3) is 0.500. The smallest absolute Gasteiger partial charge is 0.305 e. The minimum absolute atomic E-state index is 0.102. The van der Waals surface area contributed by atoms with Crippen LogP contribution in [0.5, 0.6) is 0 Å². The molecule has 0 spiro atoms. The van der Waals surface area contributed by atoms with Crippen LogP contribution in [0.15, 0.2) is 24.3 Å². The quantitative estimate of drug-likeness (QED) is 0.791. The van der Waals surface area contributed by atoms with Gasteiger partial charge in [-0.15, -0.1) is 0 Å². The summed E-state index contributed by atoms with van der Waals surface area (Å²) in [5.74, 6) is -1.12. The van der Waals surface area contributed by atoms with Crippen LogP contribution < -0.4 is 0 Å². The van der Waals surface area contributed by atoms with Crippen molar-refractivity contribution < 1.29 is 19.5 Å². The summed E-state index contributed by atoms with van der Waals surface area (Å²) in [6, 6.07) is 6.58. The normalized spacial score (nSPS) is 10.5. The van der Waals surface area contributed by atoms with Gasteiger partial charge >= 0.3 is 5.97 Å². The molecule has 0 radical (unpaired) electrons. The topological polar surface area (TPSA) is 77.9 Å². The maximum Gasteiger partial charge on any atom is 0.305 e. The predicted octanol–water partition coefficient (Wildman–Crippen LogP) is 2.35. The van der Waals surface area contributed by atoms with Gasteiger partial charge in [-0.2, -0.15) is 0 Å². The van der Waals surface area contributed by atoms with Crippen LogP contribution in [0, 0.1) is 5.92 Å². The second kappa shape index (κ2) is 9.05. The first-order chi connectivity index (χ1) is 11.3. The van der Waals surface area contributed by atoms with E-state index in [0.29, 0.717) is 24.2 Å². The third kappa shape index (κ3) is 5.68. The highest BCUT2D eigenvalue weighted by atomic mass is 16.4. The number of benzene rings is 1. The van der Waals surface area contributed by atoms with Crippen LogP contribution in [0.1, 0.15) is 47.9 Å². The van der Waals surface area contributed by atoms with Crippen LogP contribution in [0.4, 0.5) is 0 Å². The molecule has 0 aromatic heterocycles. The highest BCUT2D eigenvalue weighted by Crippen LogP contribution is 2.12. The molecule has 0 bridgehead atoms. The van der Waals surface area contributed by atoms with E-state index in [1.165, 1.54) is 4.90 Å². The number of amides is 2. The number of carbonyl (C=O) groups is 3. The Balaban J connectivity index is 3.01. The molecule has 0 aliphatic carbocycles. The maximum absolute atomic E-state index is 12.7. The number of nitrogens with zero attached hydrogens (tertiary/aromatic N) is 2. The van der Waals surface area contributed by atoms with Gasteiger partial charge < -0.3 is 14.9 Å². The second-order valence-corrected chi connectivity index (χ2v) is 6.19. The van der Waals surface area contributed by atoms with Crippen molar-refractivity contribution in [1.82, 2.24) is 9.80 Å². The lowest BCUT2D eigenvalue weighted by molar-refractivity contribution is -0.137. The van der Waals surface area contributed by atoms with Crippen molar-refractivity contribution in [3.8, 4) is 0 Å². The lowest BCUT2D eigenvalue weighted by atomic mass is 10.1. The fourth-order valence-corrected chi connectivity index (χ4v) is 2.28. The van der Waals surface area contributed by atoms with Crippen molar-refractivity contribution in [2.45, 2.75) is 27.2 Å². The molecular weight excluding hydrogens is 308 g/mol. The Hall–Kier alpha value is -2.37. The molecule has 6 heteroatoms. The third-order valence-corrected chi connectivity index (χ3v) is 3.65. The van der Waals surface area contributed by atoms with Gasteiger partial charge in [-0.05, 0) is 31.0 Å².